The van der Waals surface area contributed by atoms with Crippen LogP contribution in [0.1, 0.15) is 35.2 Å². The Morgan fingerprint density at radius 2 is 2.00 bits per heavy atom. The average Bonchev–Trinajstić information content (AvgIpc) is 3.12. The summed E-state index contributed by atoms with van der Waals surface area (Å²) < 4.78 is 50.8. The van der Waals surface area contributed by atoms with Crippen molar-refractivity contribution in [2.75, 3.05) is 6.54 Å². The minimum Gasteiger partial charge on any atom is -0.352 e. The first-order valence-electron chi connectivity index (χ1n) is 6.03. The molecule has 0 bridgehead atoms. The van der Waals surface area contributed by atoms with Crippen molar-refractivity contribution >= 4 is 5.91 Å². The first kappa shape index (κ1) is 13.8. The zero-order chi connectivity index (χ0) is 14.0. The molecule has 2 nitrogen and oxygen atoms in total. The molecule has 1 aromatic rings. The first-order valence-corrected chi connectivity index (χ1v) is 6.03. The van der Waals surface area contributed by atoms with Crippen molar-refractivity contribution in [3.05, 3.63) is 35.1 Å². The standard InChI is InChI=1S/C13H13F4NO/c14-11-4-3-9(13(15,16)17)7-10(11)12(19)18-6-5-8-1-2-8/h3-4,7-8H,1-2,5-6H2,(H,18,19). The third-order valence-corrected chi connectivity index (χ3v) is 3.07. The lowest BCUT2D eigenvalue weighted by Gasteiger charge is -2.10. The number of halogens is 4. The van der Waals surface area contributed by atoms with Gasteiger partial charge in [-0.15, -0.1) is 0 Å². The molecule has 0 aromatic heterocycles. The third-order valence-electron chi connectivity index (χ3n) is 3.07. The fourth-order valence-electron chi connectivity index (χ4n) is 1.77. The number of benzene rings is 1. The van der Waals surface area contributed by atoms with E-state index in [1.165, 1.54) is 0 Å². The molecule has 1 saturated carbocycles. The molecule has 0 saturated heterocycles. The van der Waals surface area contributed by atoms with Crippen molar-refractivity contribution in [3.8, 4) is 0 Å². The highest BCUT2D eigenvalue weighted by Gasteiger charge is 2.32. The molecule has 1 aromatic carbocycles. The molecule has 1 aliphatic rings. The lowest BCUT2D eigenvalue weighted by molar-refractivity contribution is -0.137. The lowest BCUT2D eigenvalue weighted by Crippen LogP contribution is -2.26. The van der Waals surface area contributed by atoms with Gasteiger partial charge >= 0.3 is 6.18 Å². The fraction of sp³-hybridized carbons (Fsp3) is 0.462. The summed E-state index contributed by atoms with van der Waals surface area (Å²) in [7, 11) is 0. The molecule has 0 radical (unpaired) electrons. The van der Waals surface area contributed by atoms with Crippen LogP contribution in [0.4, 0.5) is 17.6 Å². The van der Waals surface area contributed by atoms with Crippen molar-refractivity contribution in [1.29, 1.82) is 0 Å². The Labute approximate surface area is 107 Å². The topological polar surface area (TPSA) is 29.1 Å². The monoisotopic (exact) mass is 275 g/mol. The van der Waals surface area contributed by atoms with Gasteiger partial charge in [-0.1, -0.05) is 12.8 Å². The highest BCUT2D eigenvalue weighted by atomic mass is 19.4. The second-order valence-electron chi connectivity index (χ2n) is 4.68. The molecule has 0 spiro atoms. The van der Waals surface area contributed by atoms with Crippen LogP contribution in [0.5, 0.6) is 0 Å². The quantitative estimate of drug-likeness (QED) is 0.839. The summed E-state index contributed by atoms with van der Waals surface area (Å²) in [4.78, 5) is 11.6. The molecule has 1 fully saturated rings. The van der Waals surface area contributed by atoms with Crippen molar-refractivity contribution in [2.45, 2.75) is 25.4 Å². The number of amides is 1. The van der Waals surface area contributed by atoms with Crippen LogP contribution < -0.4 is 5.32 Å². The van der Waals surface area contributed by atoms with Gasteiger partial charge in [0.1, 0.15) is 5.82 Å². The number of hydrogen-bond donors (Lipinski definition) is 1. The maximum atomic E-state index is 13.4. The van der Waals surface area contributed by atoms with Crippen molar-refractivity contribution in [2.24, 2.45) is 5.92 Å². The predicted octanol–water partition coefficient (Wildman–Crippen LogP) is 3.37. The summed E-state index contributed by atoms with van der Waals surface area (Å²) >= 11 is 0. The van der Waals surface area contributed by atoms with E-state index in [0.717, 1.165) is 19.3 Å². The van der Waals surface area contributed by atoms with E-state index in [-0.39, 0.29) is 0 Å². The Bertz CT molecular complexity index is 480. The molecule has 0 unspecified atom stereocenters. The molecule has 0 heterocycles. The van der Waals surface area contributed by atoms with Crippen LogP contribution in [0, 0.1) is 11.7 Å². The molecule has 1 N–H and O–H groups in total. The fourth-order valence-corrected chi connectivity index (χ4v) is 1.77. The summed E-state index contributed by atoms with van der Waals surface area (Å²) in [5.41, 5.74) is -1.59. The number of nitrogens with one attached hydrogen (secondary N) is 1. The normalized spacial score (nSPS) is 15.4. The highest BCUT2D eigenvalue weighted by Crippen LogP contribution is 2.32. The Kier molecular flexibility index (Phi) is 3.78. The molecule has 0 aliphatic heterocycles. The van der Waals surface area contributed by atoms with Gasteiger partial charge in [0.05, 0.1) is 11.1 Å². The summed E-state index contributed by atoms with van der Waals surface area (Å²) in [6, 6.07) is 1.83. The van der Waals surface area contributed by atoms with Gasteiger partial charge in [0, 0.05) is 6.54 Å². The van der Waals surface area contributed by atoms with E-state index in [0.29, 0.717) is 30.7 Å². The predicted molar refractivity (Wildman–Crippen MR) is 61.1 cm³/mol. The molecule has 1 aliphatic carbocycles. The van der Waals surface area contributed by atoms with E-state index in [4.69, 9.17) is 0 Å². The molecule has 6 heteroatoms. The van der Waals surface area contributed by atoms with Crippen LogP contribution in [0.25, 0.3) is 0 Å². The molecule has 2 rings (SSSR count). The van der Waals surface area contributed by atoms with Crippen LogP contribution in [-0.4, -0.2) is 12.5 Å². The summed E-state index contributed by atoms with van der Waals surface area (Å²) in [6.07, 6.45) is -1.56. The van der Waals surface area contributed by atoms with Gasteiger partial charge in [-0.2, -0.15) is 13.2 Å². The van der Waals surface area contributed by atoms with Gasteiger partial charge < -0.3 is 5.32 Å². The van der Waals surface area contributed by atoms with Gasteiger partial charge in [-0.3, -0.25) is 4.79 Å². The van der Waals surface area contributed by atoms with Gasteiger partial charge in [0.25, 0.3) is 5.91 Å². The average molecular weight is 275 g/mol. The minimum atomic E-state index is -4.59. The maximum absolute atomic E-state index is 13.4. The number of alkyl halides is 3. The molecular weight excluding hydrogens is 262 g/mol. The molecule has 104 valence electrons. The first-order chi connectivity index (χ1) is 8.88. The highest BCUT2D eigenvalue weighted by molar-refractivity contribution is 5.94. The Morgan fingerprint density at radius 3 is 2.58 bits per heavy atom. The SMILES string of the molecule is O=C(NCCC1CC1)c1cc(C(F)(F)F)ccc1F. The van der Waals surface area contributed by atoms with Crippen LogP contribution in [0.3, 0.4) is 0 Å². The number of carbonyl (C=O) groups excluding carboxylic acids is 1. The Balaban J connectivity index is 2.06. The Hall–Kier alpha value is -1.59. The van der Waals surface area contributed by atoms with E-state index >= 15 is 0 Å². The van der Waals surface area contributed by atoms with E-state index in [1.54, 1.807) is 0 Å². The zero-order valence-electron chi connectivity index (χ0n) is 10.1. The largest absolute Gasteiger partial charge is 0.416 e. The van der Waals surface area contributed by atoms with E-state index in [1.807, 2.05) is 0 Å². The van der Waals surface area contributed by atoms with E-state index < -0.39 is 29.0 Å². The zero-order valence-corrected chi connectivity index (χ0v) is 10.1. The summed E-state index contributed by atoms with van der Waals surface area (Å²) in [6.45, 7) is 0.360. The summed E-state index contributed by atoms with van der Waals surface area (Å²) in [5.74, 6) is -1.16. The molecule has 0 atom stereocenters. The third kappa shape index (κ3) is 3.68. The van der Waals surface area contributed by atoms with E-state index in [2.05, 4.69) is 5.32 Å². The van der Waals surface area contributed by atoms with Crippen LogP contribution in [0.2, 0.25) is 0 Å². The second-order valence-corrected chi connectivity index (χ2v) is 4.68. The molecule has 19 heavy (non-hydrogen) atoms. The van der Waals surface area contributed by atoms with E-state index in [9.17, 15) is 22.4 Å². The minimum absolute atomic E-state index is 0.360. The molecular formula is C13H13F4NO. The number of carbonyl (C=O) groups is 1. The lowest BCUT2D eigenvalue weighted by atomic mass is 10.1. The van der Waals surface area contributed by atoms with Crippen molar-refractivity contribution < 1.29 is 22.4 Å². The second kappa shape index (κ2) is 5.19. The van der Waals surface area contributed by atoms with Gasteiger partial charge in [0.15, 0.2) is 0 Å². The van der Waals surface area contributed by atoms with Gasteiger partial charge in [-0.25, -0.2) is 4.39 Å². The molecule has 1 amide bonds. The Morgan fingerprint density at radius 1 is 1.32 bits per heavy atom. The van der Waals surface area contributed by atoms with Crippen molar-refractivity contribution in [1.82, 2.24) is 5.32 Å². The maximum Gasteiger partial charge on any atom is 0.416 e. The van der Waals surface area contributed by atoms with Crippen LogP contribution in [0.15, 0.2) is 18.2 Å². The van der Waals surface area contributed by atoms with Gasteiger partial charge in [-0.05, 0) is 30.5 Å². The van der Waals surface area contributed by atoms with Crippen LogP contribution in [-0.2, 0) is 6.18 Å². The smallest absolute Gasteiger partial charge is 0.352 e. The van der Waals surface area contributed by atoms with Gasteiger partial charge in [0.2, 0.25) is 0 Å². The van der Waals surface area contributed by atoms with Crippen LogP contribution >= 0.6 is 0 Å². The number of hydrogen-bond acceptors (Lipinski definition) is 1. The number of rotatable bonds is 4. The van der Waals surface area contributed by atoms with Crippen molar-refractivity contribution in [3.63, 3.8) is 0 Å². The summed E-state index contributed by atoms with van der Waals surface area (Å²) in [5, 5.41) is 2.44.